The molecule has 3 heteroatoms. The van der Waals surface area contributed by atoms with Gasteiger partial charge in [0.25, 0.3) is 0 Å². The van der Waals surface area contributed by atoms with Crippen LogP contribution in [-0.2, 0) is 0 Å². The van der Waals surface area contributed by atoms with Crippen LogP contribution in [0.4, 0.5) is 5.69 Å². The van der Waals surface area contributed by atoms with Crippen molar-refractivity contribution >= 4 is 60.7 Å². The highest BCUT2D eigenvalue weighted by molar-refractivity contribution is 6.11. The number of para-hydroxylation sites is 5. The fraction of sp³-hybridized carbons (Fsp3) is 0.182. The van der Waals surface area contributed by atoms with Crippen LogP contribution < -0.4 is 4.90 Å². The van der Waals surface area contributed by atoms with Crippen molar-refractivity contribution in [3.63, 3.8) is 0 Å². The third-order valence-electron chi connectivity index (χ3n) is 11.5. The molecule has 10 rings (SSSR count). The van der Waals surface area contributed by atoms with Gasteiger partial charge in [-0.15, -0.1) is 0 Å². The molecule has 0 spiro atoms. The van der Waals surface area contributed by atoms with Gasteiger partial charge in [-0.25, -0.2) is 0 Å². The summed E-state index contributed by atoms with van der Waals surface area (Å²) in [5.41, 5.74) is 9.10. The predicted octanol–water partition coefficient (Wildman–Crippen LogP) is 10.8. The van der Waals surface area contributed by atoms with Crippen molar-refractivity contribution in [1.82, 2.24) is 9.13 Å². The lowest BCUT2D eigenvalue weighted by molar-refractivity contribution is 0.298. The fourth-order valence-corrected chi connectivity index (χ4v) is 9.67. The van der Waals surface area contributed by atoms with Gasteiger partial charge >= 0.3 is 0 Å². The Labute approximate surface area is 275 Å². The molecular weight excluding hydrogens is 571 g/mol. The highest BCUT2D eigenvalue weighted by atomic mass is 15.3. The van der Waals surface area contributed by atoms with Gasteiger partial charge in [-0.05, 0) is 61.7 Å². The number of rotatable bonds is 3. The first-order chi connectivity index (χ1) is 23.1. The zero-order valence-corrected chi connectivity index (χ0v) is 26.8. The summed E-state index contributed by atoms with van der Waals surface area (Å²) < 4.78 is 5.06. The molecule has 5 aromatic carbocycles. The molecule has 5 atom stereocenters. The van der Waals surface area contributed by atoms with Crippen LogP contribution in [0.5, 0.6) is 0 Å². The second-order valence-electron chi connectivity index (χ2n) is 14.0. The number of allylic oxidation sites excluding steroid dienone is 3. The third-order valence-corrected chi connectivity index (χ3v) is 11.5. The summed E-state index contributed by atoms with van der Waals surface area (Å²) in [7, 11) is 0. The molecule has 0 radical (unpaired) electrons. The van der Waals surface area contributed by atoms with Crippen molar-refractivity contribution in [2.45, 2.75) is 31.8 Å². The van der Waals surface area contributed by atoms with Gasteiger partial charge in [0.2, 0.25) is 0 Å². The van der Waals surface area contributed by atoms with Gasteiger partial charge in [0, 0.05) is 56.0 Å². The SMILES string of the molecule is CC1CC2(C)C(C=C1n1c3ccccc3c3ccccc31)C1C=C(n3c4ccccc4c4ccccc43)C=CC1N2c1ccccc1. The van der Waals surface area contributed by atoms with Crippen LogP contribution in [0.15, 0.2) is 152 Å². The Kier molecular flexibility index (Phi) is 5.64. The van der Waals surface area contributed by atoms with Gasteiger partial charge in [-0.2, -0.15) is 0 Å². The van der Waals surface area contributed by atoms with Crippen LogP contribution in [0.3, 0.4) is 0 Å². The predicted molar refractivity (Wildman–Crippen MR) is 198 cm³/mol. The maximum atomic E-state index is 2.76. The Morgan fingerprint density at radius 3 is 1.62 bits per heavy atom. The second kappa shape index (κ2) is 9.86. The number of anilines is 1. The van der Waals surface area contributed by atoms with Crippen molar-refractivity contribution in [1.29, 1.82) is 0 Å². The third kappa shape index (κ3) is 3.68. The maximum Gasteiger partial charge on any atom is 0.0552 e. The summed E-state index contributed by atoms with van der Waals surface area (Å²) in [6.45, 7) is 4.97. The average Bonchev–Trinajstić information content (AvgIpc) is 3.71. The van der Waals surface area contributed by atoms with E-state index in [9.17, 15) is 0 Å². The summed E-state index contributed by atoms with van der Waals surface area (Å²) in [4.78, 5) is 2.76. The smallest absolute Gasteiger partial charge is 0.0552 e. The molecule has 1 saturated heterocycles. The number of nitrogens with zero attached hydrogens (tertiary/aromatic N) is 3. The minimum Gasteiger partial charge on any atom is -0.358 e. The van der Waals surface area contributed by atoms with Crippen molar-refractivity contribution in [3.8, 4) is 0 Å². The van der Waals surface area contributed by atoms with Crippen LogP contribution >= 0.6 is 0 Å². The summed E-state index contributed by atoms with van der Waals surface area (Å²) in [5, 5.41) is 5.27. The summed E-state index contributed by atoms with van der Waals surface area (Å²) in [6.07, 6.45) is 11.2. The lowest BCUT2D eigenvalue weighted by Gasteiger charge is -2.46. The van der Waals surface area contributed by atoms with Gasteiger partial charge in [0.1, 0.15) is 0 Å². The van der Waals surface area contributed by atoms with Crippen molar-refractivity contribution in [2.24, 2.45) is 17.8 Å². The summed E-state index contributed by atoms with van der Waals surface area (Å²) in [5.74, 6) is 1.02. The second-order valence-corrected chi connectivity index (χ2v) is 14.0. The van der Waals surface area contributed by atoms with Crippen molar-refractivity contribution in [2.75, 3.05) is 4.90 Å². The molecule has 5 unspecified atom stereocenters. The van der Waals surface area contributed by atoms with Gasteiger partial charge < -0.3 is 14.0 Å². The molecule has 2 aromatic heterocycles. The molecule has 47 heavy (non-hydrogen) atoms. The van der Waals surface area contributed by atoms with Crippen LogP contribution in [0.2, 0.25) is 0 Å². The Balaban J connectivity index is 1.20. The number of hydrogen-bond acceptors (Lipinski definition) is 1. The number of fused-ring (bicyclic) bond motifs is 9. The number of aromatic nitrogens is 2. The first-order valence-corrected chi connectivity index (χ1v) is 17.0. The highest BCUT2D eigenvalue weighted by Gasteiger charge is 2.57. The van der Waals surface area contributed by atoms with E-state index < -0.39 is 0 Å². The molecule has 0 N–H and O–H groups in total. The monoisotopic (exact) mass is 607 g/mol. The maximum absolute atomic E-state index is 2.76. The van der Waals surface area contributed by atoms with Crippen LogP contribution in [0, 0.1) is 17.8 Å². The number of benzene rings is 5. The normalized spacial score (nSPS) is 25.4. The van der Waals surface area contributed by atoms with Crippen LogP contribution in [-0.4, -0.2) is 20.7 Å². The molecule has 228 valence electrons. The van der Waals surface area contributed by atoms with Gasteiger partial charge in [0.15, 0.2) is 0 Å². The molecule has 0 bridgehead atoms. The van der Waals surface area contributed by atoms with E-state index in [2.05, 4.69) is 180 Å². The zero-order valence-electron chi connectivity index (χ0n) is 26.8. The molecular formula is C44H37N3. The summed E-state index contributed by atoms with van der Waals surface area (Å²) in [6, 6.07) is 47.0. The lowest BCUT2D eigenvalue weighted by atomic mass is 9.69. The average molecular weight is 608 g/mol. The van der Waals surface area contributed by atoms with E-state index in [1.54, 1.807) is 0 Å². The zero-order chi connectivity index (χ0) is 31.3. The molecule has 7 aromatic rings. The molecule has 2 aliphatic carbocycles. The van der Waals surface area contributed by atoms with E-state index in [-0.39, 0.29) is 11.6 Å². The minimum absolute atomic E-state index is 0.0462. The van der Waals surface area contributed by atoms with Crippen molar-refractivity contribution in [3.05, 3.63) is 152 Å². The van der Waals surface area contributed by atoms with Crippen molar-refractivity contribution < 1.29 is 0 Å². The van der Waals surface area contributed by atoms with Gasteiger partial charge in [-0.1, -0.05) is 116 Å². The largest absolute Gasteiger partial charge is 0.358 e. The topological polar surface area (TPSA) is 13.1 Å². The molecule has 3 aliphatic rings. The molecule has 0 saturated carbocycles. The Morgan fingerprint density at radius 2 is 1.06 bits per heavy atom. The molecule has 0 amide bonds. The molecule has 1 fully saturated rings. The Hall–Kier alpha value is -5.28. The van der Waals surface area contributed by atoms with Crippen LogP contribution in [0.25, 0.3) is 55.0 Å². The highest BCUT2D eigenvalue weighted by Crippen LogP contribution is 2.56. The minimum atomic E-state index is -0.0462. The lowest BCUT2D eigenvalue weighted by Crippen LogP contribution is -2.50. The standard InChI is InChI=1S/C44H37N3/c1-29-28-44(2)37(27-43(29)46-40-22-12-8-18-34(40)35-19-9-13-23-41(35)46)36-26-31(24-25-42(36)47(44)30-14-4-3-5-15-30)45-38-20-10-6-16-32(38)33-17-7-11-21-39(33)45/h3-27,29,36-37,42H,28H2,1-2H3. The van der Waals surface area contributed by atoms with Gasteiger partial charge in [0.05, 0.1) is 28.1 Å². The molecule has 1 aliphatic heterocycles. The van der Waals surface area contributed by atoms with E-state index in [4.69, 9.17) is 0 Å². The first-order valence-electron chi connectivity index (χ1n) is 17.0. The van der Waals surface area contributed by atoms with E-state index in [1.165, 1.54) is 60.7 Å². The fourth-order valence-electron chi connectivity index (χ4n) is 9.67. The summed E-state index contributed by atoms with van der Waals surface area (Å²) >= 11 is 0. The first kappa shape index (κ1) is 26.9. The molecule has 3 heterocycles. The number of hydrogen-bond donors (Lipinski definition) is 0. The van der Waals surface area contributed by atoms with E-state index >= 15 is 0 Å². The Bertz CT molecular complexity index is 2350. The van der Waals surface area contributed by atoms with Gasteiger partial charge in [-0.3, -0.25) is 0 Å². The van der Waals surface area contributed by atoms with E-state index in [1.807, 2.05) is 0 Å². The van der Waals surface area contributed by atoms with E-state index in [0.29, 0.717) is 17.8 Å². The quantitative estimate of drug-likeness (QED) is 0.195. The van der Waals surface area contributed by atoms with E-state index in [0.717, 1.165) is 6.42 Å². The van der Waals surface area contributed by atoms with Crippen LogP contribution in [0.1, 0.15) is 20.3 Å². The Morgan fingerprint density at radius 1 is 0.574 bits per heavy atom. The molecule has 3 nitrogen and oxygen atoms in total.